The summed E-state index contributed by atoms with van der Waals surface area (Å²) < 4.78 is 6.01. The second kappa shape index (κ2) is 6.21. The van der Waals surface area contributed by atoms with Crippen molar-refractivity contribution in [3.05, 3.63) is 29.8 Å². The molecule has 1 fully saturated rings. The molecular weight excluding hydrogens is 226 g/mol. The van der Waals surface area contributed by atoms with E-state index >= 15 is 0 Å². The summed E-state index contributed by atoms with van der Waals surface area (Å²) in [6.07, 6.45) is 4.73. The minimum absolute atomic E-state index is 0.0517. The Bertz CT molecular complexity index is 379. The van der Waals surface area contributed by atoms with E-state index in [1.165, 1.54) is 6.42 Å². The normalized spacial score (nSPS) is 26.4. The lowest BCUT2D eigenvalue weighted by atomic mass is 10.1. The Morgan fingerprint density at radius 3 is 2.72 bits per heavy atom. The van der Waals surface area contributed by atoms with Gasteiger partial charge in [-0.1, -0.05) is 31.0 Å². The highest BCUT2D eigenvalue weighted by molar-refractivity contribution is 5.35. The molecular formula is C15H23NO2. The first-order valence-electron chi connectivity index (χ1n) is 6.87. The van der Waals surface area contributed by atoms with Gasteiger partial charge in [0.1, 0.15) is 11.9 Å². The van der Waals surface area contributed by atoms with Gasteiger partial charge in [-0.15, -0.1) is 0 Å². The fourth-order valence-corrected chi connectivity index (χ4v) is 2.52. The average molecular weight is 249 g/mol. The van der Waals surface area contributed by atoms with Crippen LogP contribution in [0.4, 0.5) is 0 Å². The van der Waals surface area contributed by atoms with E-state index in [-0.39, 0.29) is 18.2 Å². The quantitative estimate of drug-likeness (QED) is 0.810. The largest absolute Gasteiger partial charge is 0.487 e. The molecule has 3 atom stereocenters. The van der Waals surface area contributed by atoms with Crippen LogP contribution in [0.15, 0.2) is 24.3 Å². The minimum atomic E-state index is -0.353. The molecule has 1 aliphatic carbocycles. The van der Waals surface area contributed by atoms with Gasteiger partial charge < -0.3 is 15.6 Å². The molecule has 3 nitrogen and oxygen atoms in total. The Kier molecular flexibility index (Phi) is 4.61. The van der Waals surface area contributed by atoms with E-state index in [9.17, 15) is 5.11 Å². The van der Waals surface area contributed by atoms with Crippen LogP contribution in [-0.2, 0) is 0 Å². The molecule has 3 heteroatoms. The van der Waals surface area contributed by atoms with Gasteiger partial charge in [0, 0.05) is 11.6 Å². The zero-order valence-corrected chi connectivity index (χ0v) is 11.0. The van der Waals surface area contributed by atoms with Crippen molar-refractivity contribution in [2.45, 2.75) is 57.3 Å². The highest BCUT2D eigenvalue weighted by atomic mass is 16.5. The first-order chi connectivity index (χ1) is 8.68. The lowest BCUT2D eigenvalue weighted by molar-refractivity contribution is 0.0313. The van der Waals surface area contributed by atoms with Crippen LogP contribution < -0.4 is 10.5 Å². The topological polar surface area (TPSA) is 55.5 Å². The number of aliphatic hydroxyl groups is 1. The van der Waals surface area contributed by atoms with Crippen molar-refractivity contribution in [1.82, 2.24) is 0 Å². The van der Waals surface area contributed by atoms with Crippen molar-refractivity contribution < 1.29 is 9.84 Å². The number of ether oxygens (including phenoxy) is 1. The summed E-state index contributed by atoms with van der Waals surface area (Å²) in [6, 6.07) is 7.79. The summed E-state index contributed by atoms with van der Waals surface area (Å²) in [7, 11) is 0. The summed E-state index contributed by atoms with van der Waals surface area (Å²) in [5.41, 5.74) is 6.95. The number of aliphatic hydroxyl groups excluding tert-OH is 1. The van der Waals surface area contributed by atoms with Gasteiger partial charge in [-0.25, -0.2) is 0 Å². The number of benzene rings is 1. The summed E-state index contributed by atoms with van der Waals surface area (Å²) in [4.78, 5) is 0. The second-order valence-electron chi connectivity index (χ2n) is 5.19. The smallest absolute Gasteiger partial charge is 0.124 e. The highest BCUT2D eigenvalue weighted by Crippen LogP contribution is 2.28. The first kappa shape index (κ1) is 13.4. The SMILES string of the molecule is C[C@@H](N)c1ccccc1OC1CCCCCC1O. The Morgan fingerprint density at radius 2 is 1.94 bits per heavy atom. The number of hydrogen-bond donors (Lipinski definition) is 2. The predicted molar refractivity (Wildman–Crippen MR) is 72.6 cm³/mol. The number of para-hydroxylation sites is 1. The maximum absolute atomic E-state index is 10.1. The summed E-state index contributed by atoms with van der Waals surface area (Å²) >= 11 is 0. The van der Waals surface area contributed by atoms with Crippen molar-refractivity contribution in [1.29, 1.82) is 0 Å². The maximum atomic E-state index is 10.1. The Balaban J connectivity index is 2.12. The summed E-state index contributed by atoms with van der Waals surface area (Å²) in [6.45, 7) is 1.95. The fraction of sp³-hybridized carbons (Fsp3) is 0.600. The van der Waals surface area contributed by atoms with Gasteiger partial charge in [-0.2, -0.15) is 0 Å². The van der Waals surface area contributed by atoms with E-state index in [0.717, 1.165) is 37.0 Å². The van der Waals surface area contributed by atoms with Gasteiger partial charge in [0.25, 0.3) is 0 Å². The molecule has 2 unspecified atom stereocenters. The Labute approximate surface area is 109 Å². The molecule has 0 aliphatic heterocycles. The molecule has 2 rings (SSSR count). The van der Waals surface area contributed by atoms with Crippen LogP contribution in [-0.4, -0.2) is 17.3 Å². The van der Waals surface area contributed by atoms with Crippen molar-refractivity contribution >= 4 is 0 Å². The zero-order valence-electron chi connectivity index (χ0n) is 11.0. The molecule has 3 N–H and O–H groups in total. The van der Waals surface area contributed by atoms with Gasteiger partial charge in [0.05, 0.1) is 6.10 Å². The van der Waals surface area contributed by atoms with E-state index in [1.54, 1.807) is 0 Å². The lowest BCUT2D eigenvalue weighted by Gasteiger charge is -2.24. The third-order valence-corrected chi connectivity index (χ3v) is 3.61. The first-order valence-corrected chi connectivity index (χ1v) is 6.87. The second-order valence-corrected chi connectivity index (χ2v) is 5.19. The van der Waals surface area contributed by atoms with Crippen LogP contribution in [0.3, 0.4) is 0 Å². The number of rotatable bonds is 3. The molecule has 0 spiro atoms. The molecule has 100 valence electrons. The van der Waals surface area contributed by atoms with Crippen molar-refractivity contribution in [2.24, 2.45) is 5.73 Å². The molecule has 0 amide bonds. The molecule has 18 heavy (non-hydrogen) atoms. The monoisotopic (exact) mass is 249 g/mol. The molecule has 1 aromatic carbocycles. The third kappa shape index (κ3) is 3.24. The highest BCUT2D eigenvalue weighted by Gasteiger charge is 2.24. The molecule has 0 bridgehead atoms. The molecule has 0 radical (unpaired) electrons. The fourth-order valence-electron chi connectivity index (χ4n) is 2.52. The molecule has 1 aromatic rings. The third-order valence-electron chi connectivity index (χ3n) is 3.61. The van der Waals surface area contributed by atoms with Gasteiger partial charge in [0.15, 0.2) is 0 Å². The van der Waals surface area contributed by atoms with Crippen molar-refractivity contribution in [3.63, 3.8) is 0 Å². The molecule has 1 saturated carbocycles. The Hall–Kier alpha value is -1.06. The van der Waals surface area contributed by atoms with Gasteiger partial charge >= 0.3 is 0 Å². The van der Waals surface area contributed by atoms with E-state index < -0.39 is 0 Å². The number of hydrogen-bond acceptors (Lipinski definition) is 3. The lowest BCUT2D eigenvalue weighted by Crippen LogP contribution is -2.31. The summed E-state index contributed by atoms with van der Waals surface area (Å²) in [5.74, 6) is 0.818. The standard InChI is InChI=1S/C15H23NO2/c1-11(16)12-7-5-6-9-14(12)18-15-10-4-2-3-8-13(15)17/h5-7,9,11,13,15,17H,2-4,8,10,16H2,1H3/t11-,13?,15?/m1/s1. The Morgan fingerprint density at radius 1 is 1.22 bits per heavy atom. The minimum Gasteiger partial charge on any atom is -0.487 e. The van der Waals surface area contributed by atoms with E-state index in [0.29, 0.717) is 0 Å². The molecule has 0 aromatic heterocycles. The van der Waals surface area contributed by atoms with Gasteiger partial charge in [-0.3, -0.25) is 0 Å². The van der Waals surface area contributed by atoms with Crippen LogP contribution in [0.25, 0.3) is 0 Å². The van der Waals surface area contributed by atoms with E-state index in [4.69, 9.17) is 10.5 Å². The average Bonchev–Trinajstić information content (AvgIpc) is 2.55. The van der Waals surface area contributed by atoms with Crippen LogP contribution in [0.1, 0.15) is 50.6 Å². The van der Waals surface area contributed by atoms with Crippen LogP contribution in [0.2, 0.25) is 0 Å². The van der Waals surface area contributed by atoms with E-state index in [1.807, 2.05) is 31.2 Å². The molecule has 0 heterocycles. The van der Waals surface area contributed by atoms with Gasteiger partial charge in [-0.05, 0) is 32.3 Å². The van der Waals surface area contributed by atoms with Crippen LogP contribution >= 0.6 is 0 Å². The molecule has 0 saturated heterocycles. The molecule has 1 aliphatic rings. The predicted octanol–water partition coefficient (Wildman–Crippen LogP) is 2.78. The van der Waals surface area contributed by atoms with Gasteiger partial charge in [0.2, 0.25) is 0 Å². The van der Waals surface area contributed by atoms with Crippen LogP contribution in [0, 0.1) is 0 Å². The zero-order chi connectivity index (χ0) is 13.0. The maximum Gasteiger partial charge on any atom is 0.124 e. The number of nitrogens with two attached hydrogens (primary N) is 1. The van der Waals surface area contributed by atoms with Crippen molar-refractivity contribution in [2.75, 3.05) is 0 Å². The van der Waals surface area contributed by atoms with E-state index in [2.05, 4.69) is 0 Å². The van der Waals surface area contributed by atoms with Crippen LogP contribution in [0.5, 0.6) is 5.75 Å². The van der Waals surface area contributed by atoms with Crippen molar-refractivity contribution in [3.8, 4) is 5.75 Å². The summed E-state index contributed by atoms with van der Waals surface area (Å²) in [5, 5.41) is 10.1.